The van der Waals surface area contributed by atoms with Crippen molar-refractivity contribution in [2.45, 2.75) is 12.8 Å². The van der Waals surface area contributed by atoms with Gasteiger partial charge >= 0.3 is 5.97 Å². The molecule has 104 valence electrons. The largest absolute Gasteiger partial charge is 0.481 e. The van der Waals surface area contributed by atoms with E-state index >= 15 is 0 Å². The Balaban J connectivity index is 0.000000204. The maximum absolute atomic E-state index is 10.6. The van der Waals surface area contributed by atoms with Gasteiger partial charge in [-0.05, 0) is 12.0 Å². The topological polar surface area (TPSA) is 54.4 Å². The van der Waals surface area contributed by atoms with Crippen molar-refractivity contribution in [2.75, 3.05) is 0 Å². The van der Waals surface area contributed by atoms with Gasteiger partial charge in [0.2, 0.25) is 3.79 Å². The van der Waals surface area contributed by atoms with E-state index in [1.165, 1.54) is 0 Å². The summed E-state index contributed by atoms with van der Waals surface area (Å²) in [6, 6.07) is 18.8. The number of hydrogen-bond acceptors (Lipinski definition) is 2. The van der Waals surface area contributed by atoms with E-state index in [1.807, 2.05) is 48.5 Å². The van der Waals surface area contributed by atoms with Crippen LogP contribution in [0.1, 0.15) is 22.3 Å². The van der Waals surface area contributed by atoms with Gasteiger partial charge in [-0.1, -0.05) is 60.7 Å². The Hall–Kier alpha value is -1.69. The summed E-state index contributed by atoms with van der Waals surface area (Å²) < 4.78 is 0.0909. The maximum atomic E-state index is 10.6. The molecule has 0 aliphatic carbocycles. The maximum Gasteiger partial charge on any atom is 0.303 e. The molecule has 0 radical (unpaired) electrons. The minimum Gasteiger partial charge on any atom is -0.481 e. The van der Waals surface area contributed by atoms with E-state index in [0.29, 0.717) is 6.42 Å². The van der Waals surface area contributed by atoms with Crippen molar-refractivity contribution >= 4 is 32.4 Å². The summed E-state index contributed by atoms with van der Waals surface area (Å²) in [6.07, 6.45) is 0.834. The number of carboxylic acids is 1. The van der Waals surface area contributed by atoms with Crippen LogP contribution >= 0.6 is 22.6 Å². The molecule has 2 aromatic rings. The number of aliphatic carboxylic acids is 1. The van der Waals surface area contributed by atoms with E-state index < -0.39 is 5.97 Å². The smallest absolute Gasteiger partial charge is 0.303 e. The van der Waals surface area contributed by atoms with E-state index in [1.54, 1.807) is 34.7 Å². The van der Waals surface area contributed by atoms with Gasteiger partial charge in [0.25, 0.3) is 0 Å². The first-order valence-electron chi connectivity index (χ1n) is 6.10. The Labute approximate surface area is 131 Å². The number of aryl methyl sites for hydroxylation is 1. The van der Waals surface area contributed by atoms with Gasteiger partial charge in [0.1, 0.15) is 0 Å². The molecule has 0 fully saturated rings. The Bertz CT molecular complexity index is 538. The summed E-state index contributed by atoms with van der Waals surface area (Å²) >= 11 is 1.77. The third-order valence-electron chi connectivity index (χ3n) is 2.47. The molecule has 2 aromatic carbocycles. The Morgan fingerprint density at radius 3 is 1.80 bits per heavy atom. The molecule has 20 heavy (non-hydrogen) atoms. The second kappa shape index (κ2) is 9.25. The van der Waals surface area contributed by atoms with Gasteiger partial charge in [-0.2, -0.15) is 0 Å². The standard InChI is InChI=1S/C9H10O2.C7H5IO/c10-9(11)7-6-8-4-2-1-3-5-8;8-7(9)6-4-2-1-3-5-6/h1-5H,6-7H2,(H,10,11);1-5H. The van der Waals surface area contributed by atoms with Crippen LogP contribution in [0.25, 0.3) is 0 Å². The van der Waals surface area contributed by atoms with Gasteiger partial charge in [0.15, 0.2) is 0 Å². The zero-order valence-corrected chi connectivity index (χ0v) is 13.0. The molecule has 0 heterocycles. The first kappa shape index (κ1) is 16.4. The highest BCUT2D eigenvalue weighted by Gasteiger charge is 1.96. The number of carbonyl (C=O) groups is 2. The predicted octanol–water partition coefficient (Wildman–Crippen LogP) is 3.97. The van der Waals surface area contributed by atoms with Gasteiger partial charge in [0, 0.05) is 34.6 Å². The van der Waals surface area contributed by atoms with Crippen LogP contribution in [-0.2, 0) is 11.2 Å². The van der Waals surface area contributed by atoms with Crippen molar-refractivity contribution in [3.63, 3.8) is 0 Å². The fourth-order valence-electron chi connectivity index (χ4n) is 1.47. The summed E-state index contributed by atoms with van der Waals surface area (Å²) in [5, 5.41) is 8.37. The van der Waals surface area contributed by atoms with Crippen molar-refractivity contribution in [2.24, 2.45) is 0 Å². The van der Waals surface area contributed by atoms with E-state index in [2.05, 4.69) is 0 Å². The van der Waals surface area contributed by atoms with Crippen LogP contribution in [0, 0.1) is 0 Å². The minimum atomic E-state index is -0.742. The fourth-order valence-corrected chi connectivity index (χ4v) is 1.82. The first-order chi connectivity index (χ1) is 9.59. The van der Waals surface area contributed by atoms with E-state index in [4.69, 9.17) is 5.11 Å². The normalized spacial score (nSPS) is 9.25. The zero-order valence-electron chi connectivity index (χ0n) is 10.8. The van der Waals surface area contributed by atoms with Crippen LogP contribution in [0.3, 0.4) is 0 Å². The molecule has 2 rings (SSSR count). The minimum absolute atomic E-state index is 0.0909. The van der Waals surface area contributed by atoms with Gasteiger partial charge in [-0.25, -0.2) is 0 Å². The van der Waals surface area contributed by atoms with E-state index in [0.717, 1.165) is 11.1 Å². The van der Waals surface area contributed by atoms with E-state index in [-0.39, 0.29) is 10.2 Å². The molecule has 0 spiro atoms. The molecule has 0 atom stereocenters. The molecule has 1 N–H and O–H groups in total. The highest BCUT2D eigenvalue weighted by atomic mass is 127. The number of rotatable bonds is 4. The van der Waals surface area contributed by atoms with Gasteiger partial charge in [-0.3, -0.25) is 9.59 Å². The molecule has 0 amide bonds. The summed E-state index contributed by atoms with van der Waals surface area (Å²) in [5.74, 6) is -0.742. The average Bonchev–Trinajstić information content (AvgIpc) is 2.48. The third-order valence-corrected chi connectivity index (χ3v) is 3.09. The number of halogens is 1. The highest BCUT2D eigenvalue weighted by Crippen LogP contribution is 2.03. The van der Waals surface area contributed by atoms with Crippen molar-refractivity contribution in [3.05, 3.63) is 71.8 Å². The summed E-state index contributed by atoms with van der Waals surface area (Å²) in [6.45, 7) is 0. The van der Waals surface area contributed by atoms with Crippen LogP contribution in [-0.4, -0.2) is 14.9 Å². The van der Waals surface area contributed by atoms with Gasteiger partial charge in [-0.15, -0.1) is 0 Å². The lowest BCUT2D eigenvalue weighted by molar-refractivity contribution is -0.136. The lowest BCUT2D eigenvalue weighted by atomic mass is 10.1. The van der Waals surface area contributed by atoms with Crippen molar-refractivity contribution in [3.8, 4) is 0 Å². The van der Waals surface area contributed by atoms with Crippen molar-refractivity contribution in [1.29, 1.82) is 0 Å². The molecule has 0 bridgehead atoms. The summed E-state index contributed by atoms with van der Waals surface area (Å²) in [7, 11) is 0. The fraction of sp³-hybridized carbons (Fsp3) is 0.125. The Morgan fingerprint density at radius 1 is 0.900 bits per heavy atom. The molecule has 4 heteroatoms. The Kier molecular flexibility index (Phi) is 7.57. The van der Waals surface area contributed by atoms with Crippen LogP contribution < -0.4 is 0 Å². The average molecular weight is 382 g/mol. The molecular weight excluding hydrogens is 367 g/mol. The molecular formula is C16H15IO3. The van der Waals surface area contributed by atoms with Crippen LogP contribution in [0.5, 0.6) is 0 Å². The second-order valence-corrected chi connectivity index (χ2v) is 5.00. The van der Waals surface area contributed by atoms with Crippen LogP contribution in [0.2, 0.25) is 0 Å². The van der Waals surface area contributed by atoms with Crippen LogP contribution in [0.15, 0.2) is 60.7 Å². The molecule has 0 aliphatic rings. The first-order valence-corrected chi connectivity index (χ1v) is 7.18. The highest BCUT2D eigenvalue weighted by molar-refractivity contribution is 14.1. The van der Waals surface area contributed by atoms with E-state index in [9.17, 15) is 9.59 Å². The molecule has 0 aliphatic heterocycles. The van der Waals surface area contributed by atoms with Crippen LogP contribution in [0.4, 0.5) is 0 Å². The predicted molar refractivity (Wildman–Crippen MR) is 87.2 cm³/mol. The lowest BCUT2D eigenvalue weighted by Gasteiger charge is -1.95. The summed E-state index contributed by atoms with van der Waals surface area (Å²) in [5.41, 5.74) is 1.84. The molecule has 0 unspecified atom stereocenters. The lowest BCUT2D eigenvalue weighted by Crippen LogP contribution is -1.96. The quantitative estimate of drug-likeness (QED) is 0.643. The second-order valence-electron chi connectivity index (χ2n) is 4.02. The van der Waals surface area contributed by atoms with Crippen molar-refractivity contribution < 1.29 is 14.7 Å². The number of benzene rings is 2. The molecule has 0 aromatic heterocycles. The summed E-state index contributed by atoms with van der Waals surface area (Å²) in [4.78, 5) is 20.8. The number of carboxylic acid groups (broad SMARTS) is 1. The zero-order chi connectivity index (χ0) is 14.8. The monoisotopic (exact) mass is 382 g/mol. The number of carbonyl (C=O) groups excluding carboxylic acids is 1. The number of hydrogen-bond donors (Lipinski definition) is 1. The SMILES string of the molecule is O=C(I)c1ccccc1.O=C(O)CCc1ccccc1. The van der Waals surface area contributed by atoms with Gasteiger partial charge < -0.3 is 5.11 Å². The van der Waals surface area contributed by atoms with Gasteiger partial charge in [0.05, 0.1) is 0 Å². The molecule has 3 nitrogen and oxygen atoms in total. The Morgan fingerprint density at radius 2 is 1.40 bits per heavy atom. The third kappa shape index (κ3) is 7.04. The molecule has 0 saturated carbocycles. The molecule has 0 saturated heterocycles. The van der Waals surface area contributed by atoms with Crippen molar-refractivity contribution in [1.82, 2.24) is 0 Å².